The topological polar surface area (TPSA) is 81.6 Å². The summed E-state index contributed by atoms with van der Waals surface area (Å²) in [6, 6.07) is 14.3. The van der Waals surface area contributed by atoms with Crippen molar-refractivity contribution in [2.75, 3.05) is 0 Å². The van der Waals surface area contributed by atoms with Gasteiger partial charge in [-0.3, -0.25) is 0 Å². The third kappa shape index (κ3) is 7.05. The number of urea groups is 1. The third-order valence-corrected chi connectivity index (χ3v) is 4.36. The van der Waals surface area contributed by atoms with E-state index in [2.05, 4.69) is 10.6 Å². The van der Waals surface area contributed by atoms with Crippen molar-refractivity contribution >= 4 is 6.03 Å². The Labute approximate surface area is 155 Å². The number of hydrogen-bond donors (Lipinski definition) is 4. The summed E-state index contributed by atoms with van der Waals surface area (Å²) < 4.78 is 0. The number of hydrogen-bond acceptors (Lipinski definition) is 3. The van der Waals surface area contributed by atoms with E-state index in [9.17, 15) is 15.0 Å². The zero-order chi connectivity index (χ0) is 18.9. The number of carbonyl (C=O) groups is 1. The highest BCUT2D eigenvalue weighted by molar-refractivity contribution is 5.74. The summed E-state index contributed by atoms with van der Waals surface area (Å²) >= 11 is 0. The average molecular weight is 356 g/mol. The predicted octanol–water partition coefficient (Wildman–Crippen LogP) is 3.74. The zero-order valence-electron chi connectivity index (χ0n) is 15.4. The summed E-state index contributed by atoms with van der Waals surface area (Å²) in [6.45, 7) is 3.97. The summed E-state index contributed by atoms with van der Waals surface area (Å²) in [5.41, 5.74) is 2.28. The van der Waals surface area contributed by atoms with Crippen LogP contribution in [0.3, 0.4) is 0 Å². The molecule has 0 aliphatic heterocycles. The fourth-order valence-electron chi connectivity index (χ4n) is 2.73. The van der Waals surface area contributed by atoms with Gasteiger partial charge in [0, 0.05) is 12.1 Å². The Bertz CT molecular complexity index is 624. The quantitative estimate of drug-likeness (QED) is 0.581. The average Bonchev–Trinajstić information content (AvgIpc) is 2.60. The van der Waals surface area contributed by atoms with Crippen LogP contribution in [-0.4, -0.2) is 28.3 Å². The van der Waals surface area contributed by atoms with Crippen LogP contribution in [0.25, 0.3) is 0 Å². The maximum atomic E-state index is 12.1. The van der Waals surface area contributed by atoms with E-state index in [1.54, 1.807) is 24.3 Å². The molecule has 0 heterocycles. The van der Waals surface area contributed by atoms with Gasteiger partial charge in [0.05, 0.1) is 0 Å². The van der Waals surface area contributed by atoms with Crippen molar-refractivity contribution in [2.45, 2.75) is 51.6 Å². The third-order valence-electron chi connectivity index (χ3n) is 4.36. The Morgan fingerprint density at radius 3 is 1.46 bits per heavy atom. The van der Waals surface area contributed by atoms with Crippen LogP contribution < -0.4 is 10.6 Å². The zero-order valence-corrected chi connectivity index (χ0v) is 15.4. The van der Waals surface area contributed by atoms with E-state index in [1.807, 2.05) is 38.1 Å². The minimum Gasteiger partial charge on any atom is -0.508 e. The van der Waals surface area contributed by atoms with Crippen LogP contribution in [0.2, 0.25) is 0 Å². The highest BCUT2D eigenvalue weighted by Gasteiger charge is 2.10. The highest BCUT2D eigenvalue weighted by Crippen LogP contribution is 2.13. The second kappa shape index (κ2) is 9.70. The molecule has 0 aliphatic rings. The lowest BCUT2D eigenvalue weighted by Crippen LogP contribution is -2.44. The van der Waals surface area contributed by atoms with E-state index in [-0.39, 0.29) is 29.6 Å². The molecule has 2 aromatic carbocycles. The van der Waals surface area contributed by atoms with Gasteiger partial charge in [0.2, 0.25) is 0 Å². The van der Waals surface area contributed by atoms with E-state index >= 15 is 0 Å². The molecule has 2 aromatic rings. The number of rotatable bonds is 8. The van der Waals surface area contributed by atoms with Crippen LogP contribution in [0.5, 0.6) is 11.5 Å². The summed E-state index contributed by atoms with van der Waals surface area (Å²) in [5.74, 6) is 0.529. The fourth-order valence-corrected chi connectivity index (χ4v) is 2.73. The number of amides is 2. The lowest BCUT2D eigenvalue weighted by molar-refractivity contribution is 0.233. The summed E-state index contributed by atoms with van der Waals surface area (Å²) in [6.07, 6.45) is 3.36. The molecule has 140 valence electrons. The van der Waals surface area contributed by atoms with E-state index in [1.165, 1.54) is 0 Å². The number of benzene rings is 2. The molecule has 0 radical (unpaired) electrons. The molecule has 0 aromatic heterocycles. The van der Waals surface area contributed by atoms with E-state index in [0.29, 0.717) is 0 Å². The van der Waals surface area contributed by atoms with Gasteiger partial charge in [0.1, 0.15) is 11.5 Å². The largest absolute Gasteiger partial charge is 0.508 e. The van der Waals surface area contributed by atoms with Crippen LogP contribution in [0, 0.1) is 0 Å². The van der Waals surface area contributed by atoms with E-state index < -0.39 is 0 Å². The molecule has 0 fully saturated rings. The Balaban J connectivity index is 1.66. The molecule has 0 aliphatic carbocycles. The molecule has 26 heavy (non-hydrogen) atoms. The molecule has 0 spiro atoms. The van der Waals surface area contributed by atoms with E-state index in [0.717, 1.165) is 36.8 Å². The van der Waals surface area contributed by atoms with Gasteiger partial charge in [-0.2, -0.15) is 0 Å². The fraction of sp³-hybridized carbons (Fsp3) is 0.381. The van der Waals surface area contributed by atoms with Crippen LogP contribution in [0.1, 0.15) is 37.8 Å². The lowest BCUT2D eigenvalue weighted by Gasteiger charge is -2.18. The van der Waals surface area contributed by atoms with Crippen molar-refractivity contribution in [3.63, 3.8) is 0 Å². The van der Waals surface area contributed by atoms with Crippen molar-refractivity contribution in [2.24, 2.45) is 0 Å². The molecule has 0 unspecified atom stereocenters. The van der Waals surface area contributed by atoms with Crippen LogP contribution in [0.4, 0.5) is 4.79 Å². The van der Waals surface area contributed by atoms with Crippen LogP contribution >= 0.6 is 0 Å². The predicted molar refractivity (Wildman–Crippen MR) is 103 cm³/mol. The molecule has 5 nitrogen and oxygen atoms in total. The highest BCUT2D eigenvalue weighted by atomic mass is 16.3. The Morgan fingerprint density at radius 2 is 1.12 bits per heavy atom. The molecular formula is C21H28N2O3. The Hall–Kier alpha value is -2.69. The van der Waals surface area contributed by atoms with Crippen molar-refractivity contribution in [3.8, 4) is 11.5 Å². The number of phenols is 2. The van der Waals surface area contributed by atoms with Crippen LogP contribution in [0.15, 0.2) is 48.5 Å². The number of aryl methyl sites for hydroxylation is 2. The van der Waals surface area contributed by atoms with Crippen molar-refractivity contribution in [1.82, 2.24) is 10.6 Å². The molecule has 4 N–H and O–H groups in total. The smallest absolute Gasteiger partial charge is 0.315 e. The van der Waals surface area contributed by atoms with Gasteiger partial charge in [-0.25, -0.2) is 4.79 Å². The van der Waals surface area contributed by atoms with Crippen molar-refractivity contribution in [3.05, 3.63) is 59.7 Å². The normalized spacial score (nSPS) is 13.0. The standard InChI is InChI=1S/C21H28N2O3/c1-15(3-5-17-7-11-19(24)12-8-17)22-21(26)23-16(2)4-6-18-9-13-20(25)14-10-18/h7-16,24-25H,3-6H2,1-2H3,(H2,22,23,26)/t15-,16-/m0/s1. The SMILES string of the molecule is C[C@@H](CCc1ccc(O)cc1)NC(=O)N[C@@H](C)CCc1ccc(O)cc1. The summed E-state index contributed by atoms with van der Waals surface area (Å²) in [7, 11) is 0. The maximum Gasteiger partial charge on any atom is 0.315 e. The first-order valence-electron chi connectivity index (χ1n) is 9.05. The Kier molecular flexibility index (Phi) is 7.33. The molecular weight excluding hydrogens is 328 g/mol. The molecule has 0 bridgehead atoms. The molecule has 2 amide bonds. The van der Waals surface area contributed by atoms with Gasteiger partial charge in [-0.05, 0) is 74.9 Å². The first kappa shape index (κ1) is 19.6. The first-order valence-corrected chi connectivity index (χ1v) is 9.05. The molecule has 2 atom stereocenters. The molecule has 2 rings (SSSR count). The minimum absolute atomic E-state index is 0.0631. The number of carbonyl (C=O) groups excluding carboxylic acids is 1. The number of nitrogens with one attached hydrogen (secondary N) is 2. The van der Waals surface area contributed by atoms with Gasteiger partial charge in [0.25, 0.3) is 0 Å². The number of aromatic hydroxyl groups is 2. The van der Waals surface area contributed by atoms with Gasteiger partial charge in [-0.15, -0.1) is 0 Å². The monoisotopic (exact) mass is 356 g/mol. The van der Waals surface area contributed by atoms with Gasteiger partial charge in [-0.1, -0.05) is 24.3 Å². The van der Waals surface area contributed by atoms with Crippen LogP contribution in [-0.2, 0) is 12.8 Å². The summed E-state index contributed by atoms with van der Waals surface area (Å²) in [4.78, 5) is 12.1. The van der Waals surface area contributed by atoms with Gasteiger partial charge in [0.15, 0.2) is 0 Å². The lowest BCUT2D eigenvalue weighted by atomic mass is 10.1. The molecule has 5 heteroatoms. The van der Waals surface area contributed by atoms with Gasteiger partial charge < -0.3 is 20.8 Å². The maximum absolute atomic E-state index is 12.1. The first-order chi connectivity index (χ1) is 12.4. The number of phenolic OH excluding ortho intramolecular Hbond substituents is 2. The molecule has 0 saturated heterocycles. The van der Waals surface area contributed by atoms with E-state index in [4.69, 9.17) is 0 Å². The summed E-state index contributed by atoms with van der Waals surface area (Å²) in [5, 5.41) is 24.5. The second-order valence-corrected chi connectivity index (χ2v) is 6.83. The van der Waals surface area contributed by atoms with Crippen molar-refractivity contribution in [1.29, 1.82) is 0 Å². The molecule has 0 saturated carbocycles. The van der Waals surface area contributed by atoms with Gasteiger partial charge >= 0.3 is 6.03 Å². The second-order valence-electron chi connectivity index (χ2n) is 6.83. The van der Waals surface area contributed by atoms with Crippen molar-refractivity contribution < 1.29 is 15.0 Å². The Morgan fingerprint density at radius 1 is 0.769 bits per heavy atom. The minimum atomic E-state index is -0.151.